The van der Waals surface area contributed by atoms with E-state index in [1.807, 2.05) is 13.8 Å². The van der Waals surface area contributed by atoms with Gasteiger partial charge in [-0.3, -0.25) is 0 Å². The molecular formula is C11H24FN. The highest BCUT2D eigenvalue weighted by Gasteiger charge is 2.18. The van der Waals surface area contributed by atoms with Crippen molar-refractivity contribution in [3.8, 4) is 0 Å². The largest absolute Gasteiger partial charge is 0.303 e. The zero-order valence-corrected chi connectivity index (χ0v) is 9.52. The molecule has 0 atom stereocenters. The fourth-order valence-electron chi connectivity index (χ4n) is 1.60. The molecule has 1 nitrogen and oxygen atoms in total. The van der Waals surface area contributed by atoms with Gasteiger partial charge in [-0.05, 0) is 18.8 Å². The maximum atomic E-state index is 12.7. The Kier molecular flexibility index (Phi) is 7.25. The van der Waals surface area contributed by atoms with Gasteiger partial charge in [0.25, 0.3) is 0 Å². The number of piperidine rings is 1. The van der Waals surface area contributed by atoms with E-state index in [0.29, 0.717) is 5.92 Å². The molecule has 0 N–H and O–H groups in total. The lowest BCUT2D eigenvalue weighted by atomic mass is 10.1. The third-order valence-corrected chi connectivity index (χ3v) is 2.14. The summed E-state index contributed by atoms with van der Waals surface area (Å²) in [5.41, 5.74) is 0. The van der Waals surface area contributed by atoms with Crippen LogP contribution in [-0.2, 0) is 0 Å². The van der Waals surface area contributed by atoms with Gasteiger partial charge in [0.2, 0.25) is 0 Å². The van der Waals surface area contributed by atoms with Crippen LogP contribution in [0.15, 0.2) is 0 Å². The fraction of sp³-hybridized carbons (Fsp3) is 1.00. The first kappa shape index (κ1) is 12.9. The second-order valence-corrected chi connectivity index (χ2v) is 3.87. The van der Waals surface area contributed by atoms with Crippen molar-refractivity contribution in [2.75, 3.05) is 19.6 Å². The minimum atomic E-state index is -0.529. The first-order valence-electron chi connectivity index (χ1n) is 5.55. The molecule has 0 radical (unpaired) electrons. The molecule has 0 aliphatic carbocycles. The van der Waals surface area contributed by atoms with Gasteiger partial charge in [0.1, 0.15) is 6.17 Å². The van der Waals surface area contributed by atoms with Crippen LogP contribution < -0.4 is 0 Å². The van der Waals surface area contributed by atoms with Crippen LogP contribution in [0, 0.1) is 5.92 Å². The molecule has 1 heterocycles. The molecule has 0 bridgehead atoms. The van der Waals surface area contributed by atoms with Crippen molar-refractivity contribution < 1.29 is 4.39 Å². The molecule has 0 aromatic heterocycles. The van der Waals surface area contributed by atoms with Gasteiger partial charge >= 0.3 is 0 Å². The Morgan fingerprint density at radius 1 is 1.23 bits per heavy atom. The predicted octanol–water partition coefficient (Wildman–Crippen LogP) is 3.10. The molecule has 13 heavy (non-hydrogen) atoms. The number of halogens is 1. The lowest BCUT2D eigenvalue weighted by Crippen LogP contribution is -2.36. The van der Waals surface area contributed by atoms with Crippen molar-refractivity contribution in [1.29, 1.82) is 0 Å². The molecule has 0 aromatic carbocycles. The number of hydrogen-bond donors (Lipinski definition) is 0. The Morgan fingerprint density at radius 3 is 2.08 bits per heavy atom. The lowest BCUT2D eigenvalue weighted by molar-refractivity contribution is 0.139. The van der Waals surface area contributed by atoms with E-state index < -0.39 is 6.17 Å². The Labute approximate surface area is 82.3 Å². The second-order valence-electron chi connectivity index (χ2n) is 3.87. The summed E-state index contributed by atoms with van der Waals surface area (Å²) >= 11 is 0. The van der Waals surface area contributed by atoms with Gasteiger partial charge < -0.3 is 4.90 Å². The fourth-order valence-corrected chi connectivity index (χ4v) is 1.60. The van der Waals surface area contributed by atoms with Crippen molar-refractivity contribution in [2.45, 2.75) is 46.7 Å². The average molecular weight is 189 g/mol. The van der Waals surface area contributed by atoms with Gasteiger partial charge in [-0.15, -0.1) is 0 Å². The van der Waals surface area contributed by atoms with Crippen LogP contribution in [-0.4, -0.2) is 30.7 Å². The monoisotopic (exact) mass is 189 g/mol. The van der Waals surface area contributed by atoms with Crippen LogP contribution in [0.1, 0.15) is 40.5 Å². The van der Waals surface area contributed by atoms with Crippen LogP contribution in [0.3, 0.4) is 0 Å². The Hall–Kier alpha value is -0.110. The summed E-state index contributed by atoms with van der Waals surface area (Å²) in [5.74, 6) is 0.714. The van der Waals surface area contributed by atoms with Gasteiger partial charge in [0.15, 0.2) is 0 Å². The maximum Gasteiger partial charge on any atom is 0.103 e. The molecule has 0 aromatic rings. The number of alkyl halides is 1. The molecule has 80 valence electrons. The normalized spacial score (nSPS) is 19.8. The standard InChI is InChI=1S/C9H18FN.C2H6/c1-8(2)7-11-5-3-9(10)4-6-11;1-2/h8-9H,3-7H2,1-2H3;1-2H3. The van der Waals surface area contributed by atoms with Gasteiger partial charge in [-0.1, -0.05) is 27.7 Å². The van der Waals surface area contributed by atoms with E-state index in [2.05, 4.69) is 18.7 Å². The molecule has 1 aliphatic heterocycles. The van der Waals surface area contributed by atoms with E-state index in [-0.39, 0.29) is 0 Å². The smallest absolute Gasteiger partial charge is 0.103 e. The molecule has 0 spiro atoms. The molecule has 1 fully saturated rings. The Balaban J connectivity index is 0.000000671. The molecule has 1 rings (SSSR count). The number of hydrogen-bond acceptors (Lipinski definition) is 1. The summed E-state index contributed by atoms with van der Waals surface area (Å²) in [5, 5.41) is 0. The highest BCUT2D eigenvalue weighted by atomic mass is 19.1. The quantitative estimate of drug-likeness (QED) is 0.645. The second kappa shape index (κ2) is 7.31. The maximum absolute atomic E-state index is 12.7. The SMILES string of the molecule is CC.CC(C)CN1CCC(F)CC1. The van der Waals surface area contributed by atoms with Crippen molar-refractivity contribution >= 4 is 0 Å². The lowest BCUT2D eigenvalue weighted by Gasteiger charge is -2.29. The predicted molar refractivity (Wildman–Crippen MR) is 56.8 cm³/mol. The van der Waals surface area contributed by atoms with Crippen LogP contribution in [0.25, 0.3) is 0 Å². The number of likely N-dealkylation sites (tertiary alicyclic amines) is 1. The molecule has 1 saturated heterocycles. The third-order valence-electron chi connectivity index (χ3n) is 2.14. The van der Waals surface area contributed by atoms with Gasteiger partial charge in [-0.25, -0.2) is 4.39 Å². The van der Waals surface area contributed by atoms with Crippen molar-refractivity contribution in [2.24, 2.45) is 5.92 Å². The average Bonchev–Trinajstić information content (AvgIpc) is 2.12. The summed E-state index contributed by atoms with van der Waals surface area (Å²) in [4.78, 5) is 2.36. The van der Waals surface area contributed by atoms with Crippen LogP contribution in [0.5, 0.6) is 0 Å². The zero-order chi connectivity index (χ0) is 10.3. The molecule has 1 aliphatic rings. The van der Waals surface area contributed by atoms with Crippen LogP contribution >= 0.6 is 0 Å². The molecule has 0 unspecified atom stereocenters. The van der Waals surface area contributed by atoms with E-state index in [9.17, 15) is 4.39 Å². The molecular weight excluding hydrogens is 165 g/mol. The first-order chi connectivity index (χ1) is 6.18. The minimum absolute atomic E-state index is 0.529. The van der Waals surface area contributed by atoms with E-state index in [1.54, 1.807) is 0 Å². The Bertz CT molecular complexity index is 107. The van der Waals surface area contributed by atoms with Crippen molar-refractivity contribution in [1.82, 2.24) is 4.90 Å². The van der Waals surface area contributed by atoms with Gasteiger partial charge in [-0.2, -0.15) is 0 Å². The van der Waals surface area contributed by atoms with E-state index in [1.165, 1.54) is 0 Å². The molecule has 0 amide bonds. The van der Waals surface area contributed by atoms with Crippen molar-refractivity contribution in [3.63, 3.8) is 0 Å². The number of rotatable bonds is 2. The van der Waals surface area contributed by atoms with Gasteiger partial charge in [0.05, 0.1) is 0 Å². The third kappa shape index (κ3) is 6.03. The summed E-state index contributed by atoms with van der Waals surface area (Å²) < 4.78 is 12.7. The van der Waals surface area contributed by atoms with Crippen molar-refractivity contribution in [3.05, 3.63) is 0 Å². The number of nitrogens with zero attached hydrogens (tertiary/aromatic N) is 1. The summed E-state index contributed by atoms with van der Waals surface area (Å²) in [6, 6.07) is 0. The van der Waals surface area contributed by atoms with E-state index in [4.69, 9.17) is 0 Å². The summed E-state index contributed by atoms with van der Waals surface area (Å²) in [6.45, 7) is 11.5. The highest BCUT2D eigenvalue weighted by Crippen LogP contribution is 2.13. The first-order valence-corrected chi connectivity index (χ1v) is 5.55. The highest BCUT2D eigenvalue weighted by molar-refractivity contribution is 4.71. The van der Waals surface area contributed by atoms with E-state index in [0.717, 1.165) is 32.5 Å². The molecule has 2 heteroatoms. The van der Waals surface area contributed by atoms with Crippen LogP contribution in [0.4, 0.5) is 4.39 Å². The zero-order valence-electron chi connectivity index (χ0n) is 9.52. The van der Waals surface area contributed by atoms with E-state index >= 15 is 0 Å². The summed E-state index contributed by atoms with van der Waals surface area (Å²) in [6.07, 6.45) is 0.956. The summed E-state index contributed by atoms with van der Waals surface area (Å²) in [7, 11) is 0. The minimum Gasteiger partial charge on any atom is -0.303 e. The van der Waals surface area contributed by atoms with Gasteiger partial charge in [0, 0.05) is 19.6 Å². The molecule has 0 saturated carbocycles. The topological polar surface area (TPSA) is 3.24 Å². The van der Waals surface area contributed by atoms with Crippen LogP contribution in [0.2, 0.25) is 0 Å². The Morgan fingerprint density at radius 2 is 1.69 bits per heavy atom.